The van der Waals surface area contributed by atoms with Crippen molar-refractivity contribution in [3.05, 3.63) is 59.2 Å². The number of nitrogens with one attached hydrogen (secondary N) is 1. The Labute approximate surface area is 194 Å². The van der Waals surface area contributed by atoms with Crippen LogP contribution < -0.4 is 14.8 Å². The summed E-state index contributed by atoms with van der Waals surface area (Å²) in [6.07, 6.45) is 4.26. The van der Waals surface area contributed by atoms with E-state index in [1.54, 1.807) is 38.5 Å². The molecule has 0 radical (unpaired) electrons. The fourth-order valence-electron chi connectivity index (χ4n) is 4.91. The molecule has 1 fully saturated rings. The Morgan fingerprint density at radius 3 is 2.30 bits per heavy atom. The van der Waals surface area contributed by atoms with Gasteiger partial charge >= 0.3 is 0 Å². The summed E-state index contributed by atoms with van der Waals surface area (Å²) in [5.74, 6) is 0.591. The monoisotopic (exact) mass is 450 g/mol. The molecule has 33 heavy (non-hydrogen) atoms. The quantitative estimate of drug-likeness (QED) is 0.623. The molecule has 0 bridgehead atoms. The lowest BCUT2D eigenvalue weighted by molar-refractivity contribution is -0.127. The molecule has 174 valence electrons. The van der Waals surface area contributed by atoms with Crippen LogP contribution in [0.5, 0.6) is 11.5 Å². The van der Waals surface area contributed by atoms with Gasteiger partial charge in [-0.2, -0.15) is 0 Å². The average molecular weight is 451 g/mol. The number of carbonyl (C=O) groups is 3. The summed E-state index contributed by atoms with van der Waals surface area (Å²) < 4.78 is 10.6. The Morgan fingerprint density at radius 2 is 1.64 bits per heavy atom. The number of fused-ring (bicyclic) bond motifs is 1. The number of ether oxygens (including phenoxy) is 2. The SMILES string of the molecule is COc1ccc(CCNC(=O)C2CCCCC2CN2C(=O)c3ccccc3C2=O)cc1OC. The summed E-state index contributed by atoms with van der Waals surface area (Å²) in [7, 11) is 3.20. The van der Waals surface area contributed by atoms with E-state index in [9.17, 15) is 14.4 Å². The molecule has 1 N–H and O–H groups in total. The van der Waals surface area contributed by atoms with Crippen LogP contribution in [0.4, 0.5) is 0 Å². The van der Waals surface area contributed by atoms with Crippen molar-refractivity contribution in [3.8, 4) is 11.5 Å². The van der Waals surface area contributed by atoms with Gasteiger partial charge in [0.2, 0.25) is 5.91 Å². The van der Waals surface area contributed by atoms with Crippen LogP contribution in [0.25, 0.3) is 0 Å². The van der Waals surface area contributed by atoms with Crippen LogP contribution in [0.1, 0.15) is 52.0 Å². The van der Waals surface area contributed by atoms with Crippen molar-refractivity contribution in [2.45, 2.75) is 32.1 Å². The second-order valence-corrected chi connectivity index (χ2v) is 8.65. The first kappa shape index (κ1) is 22.8. The molecule has 1 heterocycles. The molecule has 2 aliphatic rings. The lowest BCUT2D eigenvalue weighted by Crippen LogP contribution is -2.43. The fourth-order valence-corrected chi connectivity index (χ4v) is 4.91. The number of benzene rings is 2. The van der Waals surface area contributed by atoms with E-state index in [4.69, 9.17) is 9.47 Å². The minimum absolute atomic E-state index is 0.00298. The van der Waals surface area contributed by atoms with Gasteiger partial charge in [0.1, 0.15) is 0 Å². The number of imide groups is 1. The Morgan fingerprint density at radius 1 is 0.970 bits per heavy atom. The highest BCUT2D eigenvalue weighted by Gasteiger charge is 2.39. The van der Waals surface area contributed by atoms with Crippen molar-refractivity contribution < 1.29 is 23.9 Å². The minimum atomic E-state index is -0.256. The zero-order chi connectivity index (χ0) is 23.4. The number of amides is 3. The third-order valence-electron chi connectivity index (χ3n) is 6.70. The maximum atomic E-state index is 13.0. The van der Waals surface area contributed by atoms with E-state index in [2.05, 4.69) is 5.32 Å². The van der Waals surface area contributed by atoms with Crippen LogP contribution >= 0.6 is 0 Å². The van der Waals surface area contributed by atoms with E-state index in [1.807, 2.05) is 18.2 Å². The van der Waals surface area contributed by atoms with Gasteiger partial charge in [-0.15, -0.1) is 0 Å². The van der Waals surface area contributed by atoms with Crippen LogP contribution in [0.2, 0.25) is 0 Å². The molecule has 0 saturated heterocycles. The normalized spacial score (nSPS) is 19.9. The van der Waals surface area contributed by atoms with Crippen LogP contribution in [0.3, 0.4) is 0 Å². The maximum Gasteiger partial charge on any atom is 0.261 e. The summed E-state index contributed by atoms with van der Waals surface area (Å²) in [6.45, 7) is 0.796. The standard InChI is InChI=1S/C26H30N2O5/c1-32-22-12-11-17(15-23(22)33-2)13-14-27-24(29)19-8-4-3-7-18(19)16-28-25(30)20-9-5-6-10-21(20)26(28)31/h5-6,9-12,15,18-19H,3-4,7-8,13-14,16H2,1-2H3,(H,27,29). The zero-order valence-corrected chi connectivity index (χ0v) is 19.1. The second-order valence-electron chi connectivity index (χ2n) is 8.65. The van der Waals surface area contributed by atoms with E-state index in [0.717, 1.165) is 31.2 Å². The van der Waals surface area contributed by atoms with Gasteiger partial charge < -0.3 is 14.8 Å². The van der Waals surface area contributed by atoms with E-state index in [-0.39, 0.29) is 29.6 Å². The molecule has 7 heteroatoms. The van der Waals surface area contributed by atoms with Crippen molar-refractivity contribution in [2.75, 3.05) is 27.3 Å². The Hall–Kier alpha value is -3.35. The van der Waals surface area contributed by atoms with Crippen LogP contribution in [-0.2, 0) is 11.2 Å². The van der Waals surface area contributed by atoms with E-state index >= 15 is 0 Å². The summed E-state index contributed by atoms with van der Waals surface area (Å²) in [6, 6.07) is 12.6. The molecule has 7 nitrogen and oxygen atoms in total. The molecule has 2 atom stereocenters. The third-order valence-corrected chi connectivity index (χ3v) is 6.70. The van der Waals surface area contributed by atoms with Crippen LogP contribution in [0, 0.1) is 11.8 Å². The molecular formula is C26H30N2O5. The van der Waals surface area contributed by atoms with Gasteiger partial charge in [0.05, 0.1) is 25.3 Å². The average Bonchev–Trinajstić information content (AvgIpc) is 3.09. The topological polar surface area (TPSA) is 84.9 Å². The fraction of sp³-hybridized carbons (Fsp3) is 0.423. The van der Waals surface area contributed by atoms with Gasteiger partial charge in [0, 0.05) is 19.0 Å². The van der Waals surface area contributed by atoms with Gasteiger partial charge in [-0.1, -0.05) is 31.0 Å². The summed E-state index contributed by atoms with van der Waals surface area (Å²) in [5.41, 5.74) is 1.95. The number of hydrogen-bond acceptors (Lipinski definition) is 5. The molecule has 2 aromatic rings. The first-order chi connectivity index (χ1) is 16.0. The number of hydrogen-bond donors (Lipinski definition) is 1. The predicted molar refractivity (Wildman–Crippen MR) is 124 cm³/mol. The number of rotatable bonds is 8. The predicted octanol–water partition coefficient (Wildman–Crippen LogP) is 3.47. The zero-order valence-electron chi connectivity index (χ0n) is 19.1. The number of nitrogens with zero attached hydrogens (tertiary/aromatic N) is 1. The van der Waals surface area contributed by atoms with Gasteiger partial charge in [-0.3, -0.25) is 19.3 Å². The highest BCUT2D eigenvalue weighted by atomic mass is 16.5. The lowest BCUT2D eigenvalue weighted by atomic mass is 9.78. The van der Waals surface area contributed by atoms with Crippen molar-refractivity contribution in [1.82, 2.24) is 10.2 Å². The minimum Gasteiger partial charge on any atom is -0.493 e. The Kier molecular flexibility index (Phi) is 6.96. The smallest absolute Gasteiger partial charge is 0.261 e. The van der Waals surface area contributed by atoms with Crippen molar-refractivity contribution in [1.29, 1.82) is 0 Å². The molecule has 2 aromatic carbocycles. The molecule has 4 rings (SSSR count). The molecule has 0 aromatic heterocycles. The molecule has 1 aliphatic heterocycles. The van der Waals surface area contributed by atoms with Crippen LogP contribution in [-0.4, -0.2) is 49.9 Å². The molecule has 3 amide bonds. The van der Waals surface area contributed by atoms with Crippen molar-refractivity contribution >= 4 is 17.7 Å². The largest absolute Gasteiger partial charge is 0.493 e. The van der Waals surface area contributed by atoms with Gasteiger partial charge in [-0.25, -0.2) is 0 Å². The first-order valence-corrected chi connectivity index (χ1v) is 11.5. The summed E-state index contributed by atoms with van der Waals surface area (Å²) >= 11 is 0. The van der Waals surface area contributed by atoms with Crippen LogP contribution in [0.15, 0.2) is 42.5 Å². The third kappa shape index (κ3) is 4.72. The van der Waals surface area contributed by atoms with Gasteiger partial charge in [0.25, 0.3) is 11.8 Å². The highest BCUT2D eigenvalue weighted by Crippen LogP contribution is 2.33. The summed E-state index contributed by atoms with van der Waals surface area (Å²) in [5, 5.41) is 3.06. The lowest BCUT2D eigenvalue weighted by Gasteiger charge is -2.32. The highest BCUT2D eigenvalue weighted by molar-refractivity contribution is 6.21. The second kappa shape index (κ2) is 10.1. The first-order valence-electron chi connectivity index (χ1n) is 11.5. The number of carbonyl (C=O) groups excluding carboxylic acids is 3. The molecular weight excluding hydrogens is 420 g/mol. The number of methoxy groups -OCH3 is 2. The molecule has 1 aliphatic carbocycles. The summed E-state index contributed by atoms with van der Waals surface area (Å²) in [4.78, 5) is 39.9. The molecule has 2 unspecified atom stereocenters. The Balaban J connectivity index is 1.36. The maximum absolute atomic E-state index is 13.0. The molecule has 0 spiro atoms. The van der Waals surface area contributed by atoms with Crippen molar-refractivity contribution in [3.63, 3.8) is 0 Å². The van der Waals surface area contributed by atoms with Gasteiger partial charge in [0.15, 0.2) is 11.5 Å². The molecule has 1 saturated carbocycles. The van der Waals surface area contributed by atoms with E-state index < -0.39 is 0 Å². The van der Waals surface area contributed by atoms with E-state index in [0.29, 0.717) is 42.1 Å². The van der Waals surface area contributed by atoms with Crippen molar-refractivity contribution in [2.24, 2.45) is 11.8 Å². The van der Waals surface area contributed by atoms with Gasteiger partial charge in [-0.05, 0) is 55.0 Å². The Bertz CT molecular complexity index is 1020. The van der Waals surface area contributed by atoms with E-state index in [1.165, 1.54) is 4.90 Å².